The van der Waals surface area contributed by atoms with Gasteiger partial charge >= 0.3 is 12.1 Å². The van der Waals surface area contributed by atoms with Crippen LogP contribution in [0.15, 0.2) is 18.5 Å². The number of hydrogen-bond donors (Lipinski definition) is 2. The molecule has 39 heavy (non-hydrogen) atoms. The predicted molar refractivity (Wildman–Crippen MR) is 132 cm³/mol. The Morgan fingerprint density at radius 2 is 1.92 bits per heavy atom. The first-order valence-electron chi connectivity index (χ1n) is 12.8. The number of alkyl halides is 4. The zero-order valence-electron chi connectivity index (χ0n) is 22.3. The summed E-state index contributed by atoms with van der Waals surface area (Å²) in [6.45, 7) is 3.55. The number of carbonyl (C=O) groups excluding carboxylic acids is 2. The number of fused-ring (bicyclic) bond motifs is 1. The van der Waals surface area contributed by atoms with Crippen molar-refractivity contribution in [2.75, 3.05) is 26.8 Å². The summed E-state index contributed by atoms with van der Waals surface area (Å²) in [6, 6.07) is -0.639. The molecule has 1 aliphatic heterocycles. The van der Waals surface area contributed by atoms with Gasteiger partial charge in [-0.3, -0.25) is 0 Å². The van der Waals surface area contributed by atoms with Gasteiger partial charge in [0.05, 0.1) is 49.9 Å². The Balaban J connectivity index is 1.64. The minimum absolute atomic E-state index is 0.0615. The van der Waals surface area contributed by atoms with Crippen molar-refractivity contribution >= 4 is 17.8 Å². The molecule has 0 spiro atoms. The number of nitrogens with zero attached hydrogens (tertiary/aromatic N) is 4. The van der Waals surface area contributed by atoms with Gasteiger partial charge in [0.25, 0.3) is 5.92 Å². The lowest BCUT2D eigenvalue weighted by Crippen LogP contribution is -2.58. The Bertz CT molecular complexity index is 1190. The van der Waals surface area contributed by atoms with Crippen LogP contribution in [-0.4, -0.2) is 75.9 Å². The number of ether oxygens (including phenoxy) is 2. The molecule has 2 aromatic heterocycles. The molecule has 4 rings (SSSR count). The molecule has 3 amide bonds. The van der Waals surface area contributed by atoms with Crippen LogP contribution >= 0.6 is 0 Å². The first-order chi connectivity index (χ1) is 18.2. The largest absolute Gasteiger partial charge is 0.444 e. The second-order valence-electron chi connectivity index (χ2n) is 11.2. The highest BCUT2D eigenvalue weighted by Crippen LogP contribution is 2.41. The highest BCUT2D eigenvalue weighted by molar-refractivity contribution is 5.76. The van der Waals surface area contributed by atoms with Crippen molar-refractivity contribution in [2.45, 2.75) is 76.0 Å². The van der Waals surface area contributed by atoms with E-state index in [1.165, 1.54) is 17.8 Å². The first kappa shape index (κ1) is 28.8. The van der Waals surface area contributed by atoms with Gasteiger partial charge in [0.1, 0.15) is 5.60 Å². The summed E-state index contributed by atoms with van der Waals surface area (Å²) in [5.41, 5.74) is 0.372. The monoisotopic (exact) mass is 558 g/mol. The number of nitrogens with one attached hydrogen (secondary N) is 2. The van der Waals surface area contributed by atoms with Gasteiger partial charge in [0.15, 0.2) is 5.65 Å². The molecule has 1 aliphatic carbocycles. The molecule has 0 radical (unpaired) electrons. The highest BCUT2D eigenvalue weighted by Gasteiger charge is 2.43. The molecule has 2 aliphatic rings. The number of alkyl carbamates (subject to hydrolysis) is 1. The van der Waals surface area contributed by atoms with Crippen molar-refractivity contribution in [1.29, 1.82) is 0 Å². The number of halogens is 4. The van der Waals surface area contributed by atoms with Crippen molar-refractivity contribution in [3.8, 4) is 0 Å². The van der Waals surface area contributed by atoms with E-state index in [2.05, 4.69) is 20.7 Å². The molecule has 1 saturated carbocycles. The number of imidazole rings is 1. The molecule has 1 saturated heterocycles. The minimum Gasteiger partial charge on any atom is -0.444 e. The van der Waals surface area contributed by atoms with E-state index >= 15 is 0 Å². The molecule has 10 nitrogen and oxygen atoms in total. The molecule has 216 valence electrons. The number of hydrogen-bond acceptors (Lipinski definition) is 6. The summed E-state index contributed by atoms with van der Waals surface area (Å²) in [6.07, 6.45) is 2.05. The van der Waals surface area contributed by atoms with Crippen LogP contribution in [-0.2, 0) is 9.47 Å². The fourth-order valence-corrected chi connectivity index (χ4v) is 4.96. The Morgan fingerprint density at radius 1 is 1.23 bits per heavy atom. The minimum atomic E-state index is -3.12. The number of aromatic nitrogens is 3. The van der Waals surface area contributed by atoms with Crippen LogP contribution in [0.1, 0.15) is 69.8 Å². The van der Waals surface area contributed by atoms with Crippen molar-refractivity contribution in [2.24, 2.45) is 5.92 Å². The van der Waals surface area contributed by atoms with Crippen molar-refractivity contribution in [3.05, 3.63) is 29.7 Å². The van der Waals surface area contributed by atoms with E-state index in [-0.39, 0.29) is 38.2 Å². The maximum absolute atomic E-state index is 14.1. The van der Waals surface area contributed by atoms with Crippen LogP contribution in [0.25, 0.3) is 5.65 Å². The van der Waals surface area contributed by atoms with E-state index in [4.69, 9.17) is 9.47 Å². The summed E-state index contributed by atoms with van der Waals surface area (Å²) in [5.74, 6) is -6.19. The van der Waals surface area contributed by atoms with E-state index in [9.17, 15) is 27.2 Å². The summed E-state index contributed by atoms with van der Waals surface area (Å²) < 4.78 is 68.0. The molecule has 2 N–H and O–H groups in total. The zero-order valence-corrected chi connectivity index (χ0v) is 22.3. The van der Waals surface area contributed by atoms with Gasteiger partial charge in [0, 0.05) is 25.5 Å². The van der Waals surface area contributed by atoms with Gasteiger partial charge in [-0.1, -0.05) is 0 Å². The highest BCUT2D eigenvalue weighted by atomic mass is 19.3. The summed E-state index contributed by atoms with van der Waals surface area (Å²) >= 11 is 0. The Hall–Kier alpha value is -3.16. The van der Waals surface area contributed by atoms with Gasteiger partial charge < -0.3 is 25.0 Å². The number of amides is 3. The van der Waals surface area contributed by atoms with Crippen LogP contribution in [0.4, 0.5) is 27.2 Å². The number of carbonyl (C=O) groups is 2. The van der Waals surface area contributed by atoms with E-state index in [0.717, 1.165) is 4.90 Å². The normalized spacial score (nSPS) is 21.3. The fourth-order valence-electron chi connectivity index (χ4n) is 4.96. The summed E-state index contributed by atoms with van der Waals surface area (Å²) in [5, 5.41) is 9.34. The van der Waals surface area contributed by atoms with Crippen LogP contribution in [0.3, 0.4) is 0 Å². The number of urea groups is 1. The Labute approximate surface area is 223 Å². The second-order valence-corrected chi connectivity index (χ2v) is 11.2. The second kappa shape index (κ2) is 10.8. The lowest BCUT2D eigenvalue weighted by atomic mass is 9.81. The van der Waals surface area contributed by atoms with Crippen LogP contribution < -0.4 is 10.6 Å². The third kappa shape index (κ3) is 7.08. The van der Waals surface area contributed by atoms with Gasteiger partial charge in [0.2, 0.25) is 5.92 Å². The molecule has 0 unspecified atom stereocenters. The molecular formula is C25H34F4N6O4. The van der Waals surface area contributed by atoms with E-state index in [1.807, 2.05) is 0 Å². The van der Waals surface area contributed by atoms with E-state index < -0.39 is 54.7 Å². The molecule has 3 heterocycles. The Morgan fingerprint density at radius 3 is 2.56 bits per heavy atom. The SMILES string of the molecule is COC[C@H](c1cnn2cc([C@@H](NC(=O)OC(C)(C)C)C3CCC(F)(F)CC3)nc2c1)N1CC(F)(F)CNC1=O. The molecule has 2 aromatic rings. The molecule has 0 bridgehead atoms. The molecular weight excluding hydrogens is 524 g/mol. The third-order valence-corrected chi connectivity index (χ3v) is 6.83. The number of rotatable bonds is 7. The molecule has 2 atom stereocenters. The maximum atomic E-state index is 14.1. The quantitative estimate of drug-likeness (QED) is 0.486. The lowest BCUT2D eigenvalue weighted by Gasteiger charge is -2.38. The summed E-state index contributed by atoms with van der Waals surface area (Å²) in [4.78, 5) is 30.7. The molecule has 14 heteroatoms. The fraction of sp³-hybridized carbons (Fsp3) is 0.680. The van der Waals surface area contributed by atoms with E-state index in [1.54, 1.807) is 33.0 Å². The summed E-state index contributed by atoms with van der Waals surface area (Å²) in [7, 11) is 1.40. The van der Waals surface area contributed by atoms with Crippen molar-refractivity contribution in [1.82, 2.24) is 30.1 Å². The smallest absolute Gasteiger partial charge is 0.408 e. The average Bonchev–Trinajstić information content (AvgIpc) is 3.25. The van der Waals surface area contributed by atoms with Gasteiger partial charge in [-0.2, -0.15) is 5.10 Å². The Kier molecular flexibility index (Phi) is 7.97. The van der Waals surface area contributed by atoms with Gasteiger partial charge in [-0.25, -0.2) is 36.7 Å². The maximum Gasteiger partial charge on any atom is 0.408 e. The van der Waals surface area contributed by atoms with Crippen LogP contribution in [0, 0.1) is 5.92 Å². The standard InChI is InChI=1S/C25H34F4N6O4/c1-23(2,3)39-22(37)33-20(15-5-7-24(26,27)8-6-15)17-11-35-19(32-17)9-16(10-31-35)18(12-38-4)34-14-25(28,29)13-30-21(34)36/h9-11,15,18,20H,5-8,12-14H2,1-4H3,(H,30,36)(H,33,37)/t18-,20+/m1/s1. The lowest BCUT2D eigenvalue weighted by molar-refractivity contribution is -0.0511. The van der Waals surface area contributed by atoms with Crippen LogP contribution in [0.5, 0.6) is 0 Å². The third-order valence-electron chi connectivity index (χ3n) is 6.83. The zero-order chi connectivity index (χ0) is 28.6. The van der Waals surface area contributed by atoms with Gasteiger partial charge in [-0.15, -0.1) is 0 Å². The van der Waals surface area contributed by atoms with Gasteiger partial charge in [-0.05, 0) is 45.6 Å². The molecule has 2 fully saturated rings. The van der Waals surface area contributed by atoms with E-state index in [0.29, 0.717) is 16.9 Å². The molecule has 0 aromatic carbocycles. The van der Waals surface area contributed by atoms with Crippen molar-refractivity contribution < 1.29 is 36.6 Å². The predicted octanol–water partition coefficient (Wildman–Crippen LogP) is 4.47. The average molecular weight is 559 g/mol. The van der Waals surface area contributed by atoms with Crippen LogP contribution in [0.2, 0.25) is 0 Å². The first-order valence-corrected chi connectivity index (χ1v) is 12.8. The van der Waals surface area contributed by atoms with Crippen molar-refractivity contribution in [3.63, 3.8) is 0 Å². The number of methoxy groups -OCH3 is 1. The topological polar surface area (TPSA) is 110 Å².